The number of imidazole rings is 1. The first-order chi connectivity index (χ1) is 12.8. The van der Waals surface area contributed by atoms with E-state index < -0.39 is 11.7 Å². The van der Waals surface area contributed by atoms with Crippen molar-refractivity contribution in [3.8, 4) is 11.3 Å². The maximum atomic E-state index is 13.0. The largest absolute Gasteiger partial charge is 0.416 e. The molecule has 2 aromatic carbocycles. The number of nitrogens with one attached hydrogen (secondary N) is 2. The molecular weight excluding hydrogens is 457 g/mol. The highest BCUT2D eigenvalue weighted by Gasteiger charge is 2.30. The van der Waals surface area contributed by atoms with Crippen LogP contribution >= 0.6 is 28.3 Å². The number of hydrogen-bond donors (Lipinski definition) is 2. The fourth-order valence-corrected chi connectivity index (χ4v) is 3.71. The smallest absolute Gasteiger partial charge is 0.320 e. The summed E-state index contributed by atoms with van der Waals surface area (Å²) in [5.74, 6) is 0. The van der Waals surface area contributed by atoms with Gasteiger partial charge in [0.05, 0.1) is 28.0 Å². The molecule has 146 valence electrons. The van der Waals surface area contributed by atoms with Crippen molar-refractivity contribution in [1.82, 2.24) is 14.5 Å². The topological polar surface area (TPSA) is 65.9 Å². The monoisotopic (exact) mass is 470 g/mol. The van der Waals surface area contributed by atoms with Crippen LogP contribution in [0.1, 0.15) is 5.56 Å². The Morgan fingerprint density at radius 2 is 1.82 bits per heavy atom. The van der Waals surface area contributed by atoms with Gasteiger partial charge < -0.3 is 14.5 Å². The first-order valence-corrected chi connectivity index (χ1v) is 8.78. The molecule has 4 aromatic rings. The van der Waals surface area contributed by atoms with Gasteiger partial charge in [-0.2, -0.15) is 13.2 Å². The molecule has 0 radical (unpaired) electrons. The van der Waals surface area contributed by atoms with Crippen molar-refractivity contribution in [2.75, 3.05) is 0 Å². The molecule has 0 aliphatic carbocycles. The van der Waals surface area contributed by atoms with Crippen LogP contribution in [0.15, 0.2) is 57.6 Å². The van der Waals surface area contributed by atoms with Gasteiger partial charge in [-0.15, -0.1) is 28.3 Å². The van der Waals surface area contributed by atoms with Gasteiger partial charge >= 0.3 is 11.9 Å². The minimum atomic E-state index is -4.39. The van der Waals surface area contributed by atoms with E-state index in [2.05, 4.69) is 15.0 Å². The predicted octanol–water partition coefficient (Wildman–Crippen LogP) is 4.75. The van der Waals surface area contributed by atoms with Crippen molar-refractivity contribution in [2.24, 2.45) is 12.0 Å². The maximum absolute atomic E-state index is 13.0. The second kappa shape index (κ2) is 7.44. The summed E-state index contributed by atoms with van der Waals surface area (Å²) in [5, 5.41) is 1.77. The number of halogens is 4. The predicted molar refractivity (Wildman–Crippen MR) is 108 cm³/mol. The average molecular weight is 471 g/mol. The van der Waals surface area contributed by atoms with Crippen LogP contribution < -0.4 is 10.5 Å². The standard InChI is InChI=1S/C18H13F3N4OS.BrH/c1-25-15(10-3-2-4-11(7-10)18(19,20)21)9-27-17(25)22-12-5-6-13-14(8-12)24-16(26)23-13;/h2-9H,1H3,(H2,23,24,26);1H. The summed E-state index contributed by atoms with van der Waals surface area (Å²) >= 11 is 1.33. The van der Waals surface area contributed by atoms with Crippen molar-refractivity contribution in [3.63, 3.8) is 0 Å². The molecule has 0 spiro atoms. The van der Waals surface area contributed by atoms with Crippen LogP contribution in [0.25, 0.3) is 22.3 Å². The molecule has 0 saturated carbocycles. The Bertz CT molecular complexity index is 1270. The van der Waals surface area contributed by atoms with E-state index in [-0.39, 0.29) is 22.7 Å². The summed E-state index contributed by atoms with van der Waals surface area (Å²) in [6, 6.07) is 10.4. The molecular formula is C18H14BrF3N4OS. The minimum absolute atomic E-state index is 0. The lowest BCUT2D eigenvalue weighted by Crippen LogP contribution is -2.11. The fourth-order valence-electron chi connectivity index (χ4n) is 2.79. The van der Waals surface area contributed by atoms with Gasteiger partial charge in [0, 0.05) is 12.4 Å². The molecule has 5 nitrogen and oxygen atoms in total. The molecule has 0 aliphatic heterocycles. The van der Waals surface area contributed by atoms with Crippen molar-refractivity contribution < 1.29 is 13.2 Å². The van der Waals surface area contributed by atoms with Crippen molar-refractivity contribution in [3.05, 3.63) is 68.7 Å². The molecule has 10 heteroatoms. The van der Waals surface area contributed by atoms with E-state index in [4.69, 9.17) is 0 Å². The van der Waals surface area contributed by atoms with E-state index in [0.29, 0.717) is 32.8 Å². The van der Waals surface area contributed by atoms with Crippen molar-refractivity contribution in [1.29, 1.82) is 0 Å². The number of benzene rings is 2. The van der Waals surface area contributed by atoms with Gasteiger partial charge in [-0.05, 0) is 35.9 Å². The highest BCUT2D eigenvalue weighted by molar-refractivity contribution is 8.93. The van der Waals surface area contributed by atoms with Crippen molar-refractivity contribution >= 4 is 45.0 Å². The lowest BCUT2D eigenvalue weighted by atomic mass is 10.1. The first-order valence-electron chi connectivity index (χ1n) is 7.90. The molecule has 28 heavy (non-hydrogen) atoms. The van der Waals surface area contributed by atoms with Gasteiger partial charge in [0.15, 0.2) is 4.80 Å². The Morgan fingerprint density at radius 1 is 1.07 bits per heavy atom. The fraction of sp³-hybridized carbons (Fsp3) is 0.111. The summed E-state index contributed by atoms with van der Waals surface area (Å²) in [5.41, 5.74) is 2.07. The third-order valence-corrected chi connectivity index (χ3v) is 5.05. The Labute approximate surface area is 171 Å². The molecule has 4 rings (SSSR count). The number of aromatic amines is 2. The van der Waals surface area contributed by atoms with Gasteiger partial charge in [0.1, 0.15) is 0 Å². The molecule has 0 bridgehead atoms. The Balaban J connectivity index is 0.00000225. The van der Waals surface area contributed by atoms with Crippen LogP contribution in [-0.2, 0) is 13.2 Å². The van der Waals surface area contributed by atoms with E-state index in [1.807, 2.05) is 0 Å². The molecule has 0 unspecified atom stereocenters. The summed E-state index contributed by atoms with van der Waals surface area (Å²) in [6.07, 6.45) is -4.39. The van der Waals surface area contributed by atoms with E-state index in [9.17, 15) is 18.0 Å². The first kappa shape index (κ1) is 20.2. The quantitative estimate of drug-likeness (QED) is 0.436. The van der Waals surface area contributed by atoms with Crippen LogP contribution in [0.3, 0.4) is 0 Å². The van der Waals surface area contributed by atoms with E-state index in [1.54, 1.807) is 41.3 Å². The van der Waals surface area contributed by atoms with Crippen LogP contribution in [-0.4, -0.2) is 14.5 Å². The second-order valence-electron chi connectivity index (χ2n) is 5.96. The SMILES string of the molecule is Br.Cn1c(-c2cccc(C(F)(F)F)c2)csc1=Nc1ccc2[nH]c(=O)[nH]c2c1. The number of rotatable bonds is 2. The van der Waals surface area contributed by atoms with Crippen LogP contribution in [0.4, 0.5) is 18.9 Å². The van der Waals surface area contributed by atoms with Crippen LogP contribution in [0.5, 0.6) is 0 Å². The summed E-state index contributed by atoms with van der Waals surface area (Å²) in [6.45, 7) is 0. The van der Waals surface area contributed by atoms with Gasteiger partial charge in [-0.3, -0.25) is 0 Å². The zero-order chi connectivity index (χ0) is 19.2. The normalized spacial score (nSPS) is 12.4. The molecule has 0 saturated heterocycles. The summed E-state index contributed by atoms with van der Waals surface area (Å²) in [7, 11) is 1.75. The van der Waals surface area contributed by atoms with Crippen LogP contribution in [0.2, 0.25) is 0 Å². The second-order valence-corrected chi connectivity index (χ2v) is 6.80. The number of fused-ring (bicyclic) bond motifs is 1. The maximum Gasteiger partial charge on any atom is 0.416 e. The third kappa shape index (κ3) is 3.83. The summed E-state index contributed by atoms with van der Waals surface area (Å²) in [4.78, 5) is 21.8. The van der Waals surface area contributed by atoms with E-state index in [1.165, 1.54) is 17.4 Å². The third-order valence-electron chi connectivity index (χ3n) is 4.13. The molecule has 2 aromatic heterocycles. The lowest BCUT2D eigenvalue weighted by molar-refractivity contribution is -0.137. The number of alkyl halides is 3. The lowest BCUT2D eigenvalue weighted by Gasteiger charge is -2.09. The van der Waals surface area contributed by atoms with Gasteiger partial charge in [0.25, 0.3) is 0 Å². The van der Waals surface area contributed by atoms with Gasteiger partial charge in [-0.1, -0.05) is 12.1 Å². The van der Waals surface area contributed by atoms with Crippen LogP contribution in [0, 0.1) is 0 Å². The highest BCUT2D eigenvalue weighted by Crippen LogP contribution is 2.32. The summed E-state index contributed by atoms with van der Waals surface area (Å²) < 4.78 is 40.6. The Morgan fingerprint density at radius 3 is 2.57 bits per heavy atom. The average Bonchev–Trinajstić information content (AvgIpc) is 3.16. The number of aromatic nitrogens is 3. The van der Waals surface area contributed by atoms with E-state index in [0.717, 1.165) is 12.1 Å². The molecule has 2 heterocycles. The zero-order valence-electron chi connectivity index (χ0n) is 14.4. The molecule has 0 fully saturated rings. The number of thiazole rings is 1. The number of nitrogens with zero attached hydrogens (tertiary/aromatic N) is 2. The molecule has 0 aliphatic rings. The molecule has 0 atom stereocenters. The van der Waals surface area contributed by atoms with E-state index >= 15 is 0 Å². The Kier molecular flexibility index (Phi) is 5.35. The minimum Gasteiger partial charge on any atom is -0.320 e. The van der Waals surface area contributed by atoms with Crippen molar-refractivity contribution in [2.45, 2.75) is 6.18 Å². The number of hydrogen-bond acceptors (Lipinski definition) is 3. The van der Waals surface area contributed by atoms with Gasteiger partial charge in [-0.25, -0.2) is 9.79 Å². The zero-order valence-corrected chi connectivity index (χ0v) is 16.9. The Hall–Kier alpha value is -2.59. The highest BCUT2D eigenvalue weighted by atomic mass is 79.9. The molecule has 2 N–H and O–H groups in total. The molecule has 0 amide bonds. The van der Waals surface area contributed by atoms with Gasteiger partial charge in [0.2, 0.25) is 0 Å². The number of H-pyrrole nitrogens is 2.